The summed E-state index contributed by atoms with van der Waals surface area (Å²) < 4.78 is 2.29. The van der Waals surface area contributed by atoms with Crippen molar-refractivity contribution < 1.29 is 0 Å². The van der Waals surface area contributed by atoms with Crippen molar-refractivity contribution in [2.75, 3.05) is 6.54 Å². The molecule has 0 bridgehead atoms. The molecule has 1 aliphatic rings. The number of rotatable bonds is 3. The van der Waals surface area contributed by atoms with Crippen LogP contribution in [0.25, 0.3) is 11.2 Å². The van der Waals surface area contributed by atoms with Crippen LogP contribution in [0.2, 0.25) is 0 Å². The van der Waals surface area contributed by atoms with Crippen LogP contribution in [0.3, 0.4) is 0 Å². The minimum absolute atomic E-state index is 0.573. The zero-order chi connectivity index (χ0) is 12.4. The fraction of sp³-hybridized carbons (Fsp3) is 0.571. The zero-order valence-corrected chi connectivity index (χ0v) is 10.9. The van der Waals surface area contributed by atoms with Crippen molar-refractivity contribution in [1.82, 2.24) is 19.9 Å². The maximum absolute atomic E-state index is 4.67. The monoisotopic (exact) mass is 244 g/mol. The summed E-state index contributed by atoms with van der Waals surface area (Å²) in [4.78, 5) is 9.16. The Labute approximate surface area is 107 Å². The van der Waals surface area contributed by atoms with Gasteiger partial charge >= 0.3 is 0 Å². The molecular weight excluding hydrogens is 224 g/mol. The van der Waals surface area contributed by atoms with Crippen molar-refractivity contribution in [2.24, 2.45) is 0 Å². The summed E-state index contributed by atoms with van der Waals surface area (Å²) in [7, 11) is 0. The quantitative estimate of drug-likeness (QED) is 0.899. The number of aromatic nitrogens is 3. The van der Waals surface area contributed by atoms with Gasteiger partial charge in [-0.05, 0) is 31.5 Å². The van der Waals surface area contributed by atoms with E-state index in [1.807, 2.05) is 18.3 Å². The molecule has 2 aromatic heterocycles. The van der Waals surface area contributed by atoms with Gasteiger partial charge in [-0.1, -0.05) is 13.3 Å². The van der Waals surface area contributed by atoms with Crippen molar-refractivity contribution in [2.45, 2.75) is 45.2 Å². The topological polar surface area (TPSA) is 42.7 Å². The summed E-state index contributed by atoms with van der Waals surface area (Å²) in [5.41, 5.74) is 2.05. The highest BCUT2D eigenvalue weighted by Gasteiger charge is 2.17. The molecule has 3 heterocycles. The Kier molecular flexibility index (Phi) is 3.28. The molecule has 1 aliphatic heterocycles. The van der Waals surface area contributed by atoms with Gasteiger partial charge in [-0.15, -0.1) is 0 Å². The molecular formula is C14H20N4. The van der Waals surface area contributed by atoms with Crippen molar-refractivity contribution >= 4 is 11.2 Å². The highest BCUT2D eigenvalue weighted by atomic mass is 15.1. The van der Waals surface area contributed by atoms with Crippen molar-refractivity contribution in [1.29, 1.82) is 0 Å². The Bertz CT molecular complexity index is 526. The molecule has 0 spiro atoms. The number of aryl methyl sites for hydroxylation is 1. The van der Waals surface area contributed by atoms with Crippen LogP contribution >= 0.6 is 0 Å². The predicted molar refractivity (Wildman–Crippen MR) is 72.5 cm³/mol. The SMILES string of the molecule is CCc1nc2cccnc2n1CC1CCCCN1. The molecule has 0 saturated carbocycles. The van der Waals surface area contributed by atoms with Crippen LogP contribution in [0.1, 0.15) is 32.0 Å². The first-order chi connectivity index (χ1) is 8.88. The molecule has 1 unspecified atom stereocenters. The fourth-order valence-corrected chi connectivity index (χ4v) is 2.77. The second kappa shape index (κ2) is 5.06. The zero-order valence-electron chi connectivity index (χ0n) is 10.9. The third-order valence-corrected chi connectivity index (χ3v) is 3.71. The summed E-state index contributed by atoms with van der Waals surface area (Å²) in [6.07, 6.45) is 6.71. The van der Waals surface area contributed by atoms with Crippen LogP contribution in [0, 0.1) is 0 Å². The van der Waals surface area contributed by atoms with E-state index < -0.39 is 0 Å². The second-order valence-corrected chi connectivity index (χ2v) is 4.99. The normalized spacial score (nSPS) is 20.4. The molecule has 1 N–H and O–H groups in total. The van der Waals surface area contributed by atoms with Gasteiger partial charge in [0.15, 0.2) is 5.65 Å². The smallest absolute Gasteiger partial charge is 0.160 e. The van der Waals surface area contributed by atoms with Gasteiger partial charge in [0.2, 0.25) is 0 Å². The van der Waals surface area contributed by atoms with Gasteiger partial charge in [-0.25, -0.2) is 9.97 Å². The number of pyridine rings is 1. The standard InChI is InChI=1S/C14H20N4/c1-2-13-17-12-7-5-9-16-14(12)18(13)10-11-6-3-4-8-15-11/h5,7,9,11,15H,2-4,6,8,10H2,1H3. The Morgan fingerprint density at radius 2 is 2.39 bits per heavy atom. The molecule has 1 atom stereocenters. The fourth-order valence-electron chi connectivity index (χ4n) is 2.77. The van der Waals surface area contributed by atoms with E-state index in [1.54, 1.807) is 0 Å². The molecule has 2 aromatic rings. The third kappa shape index (κ3) is 2.12. The number of hydrogen-bond donors (Lipinski definition) is 1. The van der Waals surface area contributed by atoms with Crippen LogP contribution in [0.15, 0.2) is 18.3 Å². The molecule has 96 valence electrons. The van der Waals surface area contributed by atoms with E-state index in [0.717, 1.165) is 36.5 Å². The average Bonchev–Trinajstić information content (AvgIpc) is 2.78. The van der Waals surface area contributed by atoms with Gasteiger partial charge in [-0.3, -0.25) is 0 Å². The lowest BCUT2D eigenvalue weighted by Crippen LogP contribution is -2.37. The summed E-state index contributed by atoms with van der Waals surface area (Å²) in [6, 6.07) is 4.58. The molecule has 0 radical (unpaired) electrons. The van der Waals surface area contributed by atoms with Gasteiger partial charge in [-0.2, -0.15) is 0 Å². The molecule has 0 aromatic carbocycles. The van der Waals surface area contributed by atoms with E-state index in [2.05, 4.69) is 26.8 Å². The van der Waals surface area contributed by atoms with Crippen molar-refractivity contribution in [3.63, 3.8) is 0 Å². The minimum Gasteiger partial charge on any atom is -0.312 e. The van der Waals surface area contributed by atoms with E-state index >= 15 is 0 Å². The lowest BCUT2D eigenvalue weighted by atomic mass is 10.1. The summed E-state index contributed by atoms with van der Waals surface area (Å²) in [5.74, 6) is 1.15. The van der Waals surface area contributed by atoms with Gasteiger partial charge in [0, 0.05) is 25.2 Å². The first-order valence-corrected chi connectivity index (χ1v) is 6.92. The predicted octanol–water partition coefficient (Wildman–Crippen LogP) is 2.14. The molecule has 4 heteroatoms. The van der Waals surface area contributed by atoms with Crippen molar-refractivity contribution in [3.8, 4) is 0 Å². The van der Waals surface area contributed by atoms with Crippen molar-refractivity contribution in [3.05, 3.63) is 24.2 Å². The van der Waals surface area contributed by atoms with Crippen LogP contribution in [-0.2, 0) is 13.0 Å². The largest absolute Gasteiger partial charge is 0.312 e. The first kappa shape index (κ1) is 11.7. The molecule has 18 heavy (non-hydrogen) atoms. The number of nitrogens with zero attached hydrogens (tertiary/aromatic N) is 3. The lowest BCUT2D eigenvalue weighted by Gasteiger charge is -2.24. The number of piperidine rings is 1. The average molecular weight is 244 g/mol. The summed E-state index contributed by atoms with van der Waals surface area (Å²) in [6.45, 7) is 4.30. The Morgan fingerprint density at radius 3 is 3.17 bits per heavy atom. The number of fused-ring (bicyclic) bond motifs is 1. The molecule has 1 fully saturated rings. The molecule has 0 aliphatic carbocycles. The third-order valence-electron chi connectivity index (χ3n) is 3.71. The summed E-state index contributed by atoms with van der Waals surface area (Å²) >= 11 is 0. The van der Waals surface area contributed by atoms with E-state index in [-0.39, 0.29) is 0 Å². The Hall–Kier alpha value is -1.42. The first-order valence-electron chi connectivity index (χ1n) is 6.92. The van der Waals surface area contributed by atoms with E-state index in [4.69, 9.17) is 0 Å². The van der Waals surface area contributed by atoms with Gasteiger partial charge in [0.25, 0.3) is 0 Å². The van der Waals surface area contributed by atoms with Crippen LogP contribution in [0.4, 0.5) is 0 Å². The lowest BCUT2D eigenvalue weighted by molar-refractivity contribution is 0.362. The highest BCUT2D eigenvalue weighted by molar-refractivity contribution is 5.71. The maximum Gasteiger partial charge on any atom is 0.160 e. The number of hydrogen-bond acceptors (Lipinski definition) is 3. The number of imidazole rings is 1. The summed E-state index contributed by atoms with van der Waals surface area (Å²) in [5, 5.41) is 3.60. The van der Waals surface area contributed by atoms with E-state index in [0.29, 0.717) is 6.04 Å². The van der Waals surface area contributed by atoms with Crippen LogP contribution in [-0.4, -0.2) is 27.1 Å². The second-order valence-electron chi connectivity index (χ2n) is 4.99. The van der Waals surface area contributed by atoms with E-state index in [9.17, 15) is 0 Å². The number of nitrogens with one attached hydrogen (secondary N) is 1. The van der Waals surface area contributed by atoms with Gasteiger partial charge in [0.1, 0.15) is 11.3 Å². The van der Waals surface area contributed by atoms with E-state index in [1.165, 1.54) is 19.3 Å². The minimum atomic E-state index is 0.573. The van der Waals surface area contributed by atoms with Gasteiger partial charge < -0.3 is 9.88 Å². The molecule has 0 amide bonds. The Balaban J connectivity index is 1.93. The van der Waals surface area contributed by atoms with Gasteiger partial charge in [0.05, 0.1) is 0 Å². The van der Waals surface area contributed by atoms with Crippen LogP contribution in [0.5, 0.6) is 0 Å². The molecule has 1 saturated heterocycles. The molecule has 3 rings (SSSR count). The Morgan fingerprint density at radius 1 is 1.44 bits per heavy atom. The maximum atomic E-state index is 4.67. The van der Waals surface area contributed by atoms with Crippen LogP contribution < -0.4 is 5.32 Å². The highest BCUT2D eigenvalue weighted by Crippen LogP contribution is 2.17. The molecule has 4 nitrogen and oxygen atoms in total.